The van der Waals surface area contributed by atoms with Crippen LogP contribution in [-0.2, 0) is 0 Å². The van der Waals surface area contributed by atoms with Crippen LogP contribution in [-0.4, -0.2) is 13.1 Å². The van der Waals surface area contributed by atoms with Crippen LogP contribution in [0, 0.1) is 5.92 Å². The van der Waals surface area contributed by atoms with Gasteiger partial charge in [-0.05, 0) is 25.1 Å². The Bertz CT molecular complexity index is 410. The molecule has 0 saturated carbocycles. The van der Waals surface area contributed by atoms with Gasteiger partial charge >= 0.3 is 0 Å². The van der Waals surface area contributed by atoms with E-state index in [9.17, 15) is 0 Å². The summed E-state index contributed by atoms with van der Waals surface area (Å²) >= 11 is 6.00. The Morgan fingerprint density at radius 3 is 2.56 bits per heavy atom. The Balaban J connectivity index is 2.15. The van der Waals surface area contributed by atoms with Gasteiger partial charge in [0.25, 0.3) is 0 Å². The lowest BCUT2D eigenvalue weighted by Gasteiger charge is -2.30. The van der Waals surface area contributed by atoms with E-state index in [4.69, 9.17) is 11.6 Å². The fraction of sp³-hybridized carbons (Fsp3) is 0.286. The summed E-state index contributed by atoms with van der Waals surface area (Å²) in [6.45, 7) is 2.23. The molecule has 0 aliphatic heterocycles. The molecule has 0 heterocycles. The van der Waals surface area contributed by atoms with E-state index in [2.05, 4.69) is 49.2 Å². The molecule has 0 fully saturated rings. The molecular weight excluding hydrogens is 218 g/mol. The van der Waals surface area contributed by atoms with Crippen molar-refractivity contribution in [3.8, 4) is 0 Å². The molecule has 2 rings (SSSR count). The minimum atomic E-state index is 0.438. The first-order valence-corrected chi connectivity index (χ1v) is 5.89. The van der Waals surface area contributed by atoms with E-state index in [1.807, 2.05) is 18.2 Å². The first kappa shape index (κ1) is 11.3. The van der Waals surface area contributed by atoms with Crippen molar-refractivity contribution in [3.05, 3.63) is 53.6 Å². The Labute approximate surface area is 102 Å². The summed E-state index contributed by atoms with van der Waals surface area (Å²) in [5, 5.41) is 0.786. The van der Waals surface area contributed by atoms with Gasteiger partial charge in [-0.15, -0.1) is 0 Å². The summed E-state index contributed by atoms with van der Waals surface area (Å²) in [6.07, 6.45) is 8.66. The molecule has 1 unspecified atom stereocenters. The lowest BCUT2D eigenvalue weighted by molar-refractivity contribution is 0.601. The average Bonchev–Trinajstić information content (AvgIpc) is 2.80. The molecule has 0 amide bonds. The number of allylic oxidation sites excluding steroid dienone is 2. The minimum absolute atomic E-state index is 0.438. The van der Waals surface area contributed by atoms with Gasteiger partial charge in [-0.25, -0.2) is 0 Å². The molecule has 16 heavy (non-hydrogen) atoms. The molecule has 0 N–H and O–H groups in total. The lowest BCUT2D eigenvalue weighted by atomic mass is 10.0. The van der Waals surface area contributed by atoms with Crippen molar-refractivity contribution in [2.24, 2.45) is 5.92 Å². The van der Waals surface area contributed by atoms with E-state index in [0.717, 1.165) is 10.7 Å². The maximum absolute atomic E-state index is 6.00. The fourth-order valence-corrected chi connectivity index (χ4v) is 2.14. The van der Waals surface area contributed by atoms with Crippen molar-refractivity contribution in [1.29, 1.82) is 0 Å². The first-order valence-electron chi connectivity index (χ1n) is 5.52. The molecule has 2 heteroatoms. The van der Waals surface area contributed by atoms with Crippen LogP contribution in [0.5, 0.6) is 0 Å². The third-order valence-corrected chi connectivity index (χ3v) is 3.40. The molecule has 1 aromatic carbocycles. The second-order valence-electron chi connectivity index (χ2n) is 4.18. The molecular formula is C14H16ClN. The second kappa shape index (κ2) is 4.75. The molecule has 0 spiro atoms. The number of hydrogen-bond acceptors (Lipinski definition) is 1. The van der Waals surface area contributed by atoms with Gasteiger partial charge in [-0.1, -0.05) is 42.0 Å². The number of anilines is 1. The summed E-state index contributed by atoms with van der Waals surface area (Å²) in [5.74, 6) is 0.490. The van der Waals surface area contributed by atoms with Gasteiger partial charge in [0, 0.05) is 29.7 Å². The molecule has 1 aromatic rings. The number of rotatable bonds is 3. The highest BCUT2D eigenvalue weighted by Gasteiger charge is 2.18. The summed E-state index contributed by atoms with van der Waals surface area (Å²) < 4.78 is 0. The van der Waals surface area contributed by atoms with Crippen molar-refractivity contribution >= 4 is 17.3 Å². The predicted octanol–water partition coefficient (Wildman–Crippen LogP) is 3.91. The zero-order chi connectivity index (χ0) is 11.5. The number of benzene rings is 1. The Morgan fingerprint density at radius 2 is 1.94 bits per heavy atom. The molecule has 84 valence electrons. The number of halogens is 1. The van der Waals surface area contributed by atoms with E-state index in [1.165, 1.54) is 0 Å². The Morgan fingerprint density at radius 1 is 1.25 bits per heavy atom. The maximum Gasteiger partial charge on any atom is 0.0426 e. The van der Waals surface area contributed by atoms with Gasteiger partial charge in [-0.3, -0.25) is 0 Å². The van der Waals surface area contributed by atoms with Crippen LogP contribution in [0.1, 0.15) is 6.92 Å². The standard InChI is InChI=1S/C14H16ClN/c1-11(12-6-3-4-7-12)16(2)14-9-5-8-13(15)10-14/h3-12H,1-2H3. The summed E-state index contributed by atoms with van der Waals surface area (Å²) in [6, 6.07) is 8.42. The minimum Gasteiger partial charge on any atom is -0.371 e. The van der Waals surface area contributed by atoms with Crippen molar-refractivity contribution in [3.63, 3.8) is 0 Å². The van der Waals surface area contributed by atoms with Gasteiger partial charge in [0.15, 0.2) is 0 Å². The topological polar surface area (TPSA) is 3.24 Å². The zero-order valence-corrected chi connectivity index (χ0v) is 10.4. The van der Waals surface area contributed by atoms with Gasteiger partial charge in [0.1, 0.15) is 0 Å². The van der Waals surface area contributed by atoms with Crippen LogP contribution in [0.15, 0.2) is 48.6 Å². The Hall–Kier alpha value is -1.21. The molecule has 0 radical (unpaired) electrons. The number of hydrogen-bond donors (Lipinski definition) is 0. The fourth-order valence-electron chi connectivity index (χ4n) is 1.96. The van der Waals surface area contributed by atoms with Crippen LogP contribution in [0.3, 0.4) is 0 Å². The van der Waals surface area contributed by atoms with Crippen molar-refractivity contribution in [2.45, 2.75) is 13.0 Å². The Kier molecular flexibility index (Phi) is 3.35. The van der Waals surface area contributed by atoms with Gasteiger partial charge < -0.3 is 4.90 Å². The maximum atomic E-state index is 6.00. The molecule has 0 saturated heterocycles. The SMILES string of the molecule is CC(C1C=CC=C1)N(C)c1cccc(Cl)c1. The van der Waals surface area contributed by atoms with Crippen molar-refractivity contribution in [2.75, 3.05) is 11.9 Å². The van der Waals surface area contributed by atoms with Gasteiger partial charge in [-0.2, -0.15) is 0 Å². The van der Waals surface area contributed by atoms with E-state index in [1.54, 1.807) is 0 Å². The highest BCUT2D eigenvalue weighted by atomic mass is 35.5. The molecule has 1 aliphatic rings. The third kappa shape index (κ3) is 2.30. The number of nitrogens with zero attached hydrogens (tertiary/aromatic N) is 1. The zero-order valence-electron chi connectivity index (χ0n) is 9.60. The van der Waals surface area contributed by atoms with Gasteiger partial charge in [0.2, 0.25) is 0 Å². The van der Waals surface area contributed by atoms with E-state index < -0.39 is 0 Å². The van der Waals surface area contributed by atoms with Crippen LogP contribution in [0.2, 0.25) is 5.02 Å². The quantitative estimate of drug-likeness (QED) is 0.765. The molecule has 0 bridgehead atoms. The highest BCUT2D eigenvalue weighted by molar-refractivity contribution is 6.30. The monoisotopic (exact) mass is 233 g/mol. The smallest absolute Gasteiger partial charge is 0.0426 e. The lowest BCUT2D eigenvalue weighted by Crippen LogP contribution is -2.33. The molecule has 0 aromatic heterocycles. The summed E-state index contributed by atoms with van der Waals surface area (Å²) in [4.78, 5) is 2.26. The average molecular weight is 234 g/mol. The second-order valence-corrected chi connectivity index (χ2v) is 4.61. The largest absolute Gasteiger partial charge is 0.371 e. The van der Waals surface area contributed by atoms with Crippen LogP contribution >= 0.6 is 11.6 Å². The molecule has 1 aliphatic carbocycles. The van der Waals surface area contributed by atoms with E-state index in [-0.39, 0.29) is 0 Å². The van der Waals surface area contributed by atoms with Crippen molar-refractivity contribution in [1.82, 2.24) is 0 Å². The predicted molar refractivity (Wildman–Crippen MR) is 71.1 cm³/mol. The summed E-state index contributed by atoms with van der Waals surface area (Å²) in [7, 11) is 2.11. The van der Waals surface area contributed by atoms with E-state index >= 15 is 0 Å². The first-order chi connectivity index (χ1) is 7.68. The molecule has 1 atom stereocenters. The van der Waals surface area contributed by atoms with Gasteiger partial charge in [0.05, 0.1) is 0 Å². The summed E-state index contributed by atoms with van der Waals surface area (Å²) in [5.41, 5.74) is 1.16. The third-order valence-electron chi connectivity index (χ3n) is 3.16. The van der Waals surface area contributed by atoms with E-state index in [0.29, 0.717) is 12.0 Å². The normalized spacial score (nSPS) is 16.7. The molecule has 1 nitrogen and oxygen atoms in total. The highest BCUT2D eigenvalue weighted by Crippen LogP contribution is 2.25. The van der Waals surface area contributed by atoms with Crippen LogP contribution in [0.4, 0.5) is 5.69 Å². The van der Waals surface area contributed by atoms with Crippen LogP contribution < -0.4 is 4.90 Å². The van der Waals surface area contributed by atoms with Crippen LogP contribution in [0.25, 0.3) is 0 Å². The van der Waals surface area contributed by atoms with Crippen molar-refractivity contribution < 1.29 is 0 Å².